The number of carbonyl (C=O) groups excluding carboxylic acids is 1. The Morgan fingerprint density at radius 2 is 2.00 bits per heavy atom. The van der Waals surface area contributed by atoms with Crippen LogP contribution in [0.4, 0.5) is 0 Å². The summed E-state index contributed by atoms with van der Waals surface area (Å²) in [5.74, 6) is 0.251. The molecule has 7 heteroatoms. The number of hydrogen-bond acceptors (Lipinski definition) is 3. The zero-order valence-corrected chi connectivity index (χ0v) is 18.6. The number of imidazole rings is 1. The fraction of sp³-hybridized carbons (Fsp3) is 0.240. The fourth-order valence-electron chi connectivity index (χ4n) is 3.93. The molecule has 2 heterocycles. The van der Waals surface area contributed by atoms with Crippen LogP contribution in [0, 0.1) is 6.92 Å². The summed E-state index contributed by atoms with van der Waals surface area (Å²) < 4.78 is 3.88. The second-order valence-electron chi connectivity index (χ2n) is 8.25. The highest BCUT2D eigenvalue weighted by atomic mass is 35.5. The largest absolute Gasteiger partial charge is 0.348 e. The Bertz CT molecular complexity index is 1260. The van der Waals surface area contributed by atoms with Gasteiger partial charge >= 0.3 is 0 Å². The summed E-state index contributed by atoms with van der Waals surface area (Å²) in [5, 5.41) is 8.34. The van der Waals surface area contributed by atoms with Gasteiger partial charge in [-0.3, -0.25) is 4.79 Å². The van der Waals surface area contributed by atoms with E-state index in [1.807, 2.05) is 58.8 Å². The van der Waals surface area contributed by atoms with E-state index in [2.05, 4.69) is 21.5 Å². The minimum absolute atomic E-state index is 0.103. The van der Waals surface area contributed by atoms with Gasteiger partial charge in [0.2, 0.25) is 0 Å². The fourth-order valence-corrected chi connectivity index (χ4v) is 4.11. The molecule has 0 bridgehead atoms. The van der Waals surface area contributed by atoms with Crippen molar-refractivity contribution >= 4 is 17.5 Å². The van der Waals surface area contributed by atoms with Crippen LogP contribution < -0.4 is 5.32 Å². The molecule has 1 aliphatic carbocycles. The average molecular weight is 446 g/mol. The van der Waals surface area contributed by atoms with Crippen molar-refractivity contribution in [3.8, 4) is 5.69 Å². The number of amides is 1. The third-order valence-corrected chi connectivity index (χ3v) is 6.29. The van der Waals surface area contributed by atoms with Crippen LogP contribution in [0.2, 0.25) is 5.02 Å². The zero-order chi connectivity index (χ0) is 22.1. The van der Waals surface area contributed by atoms with Crippen LogP contribution in [-0.4, -0.2) is 25.2 Å². The summed E-state index contributed by atoms with van der Waals surface area (Å²) in [6.45, 7) is 3.14. The van der Waals surface area contributed by atoms with E-state index in [1.54, 1.807) is 18.7 Å². The number of nitrogens with zero attached hydrogens (tertiary/aromatic N) is 4. The molecule has 162 valence electrons. The predicted octanol–water partition coefficient (Wildman–Crippen LogP) is 4.89. The molecule has 0 saturated heterocycles. The van der Waals surface area contributed by atoms with Crippen molar-refractivity contribution in [3.05, 3.63) is 100 Å². The maximum atomic E-state index is 13.2. The number of rotatable bonds is 7. The van der Waals surface area contributed by atoms with Gasteiger partial charge in [0.25, 0.3) is 5.91 Å². The maximum Gasteiger partial charge on any atom is 0.255 e. The first-order valence-corrected chi connectivity index (χ1v) is 11.1. The third-order valence-electron chi connectivity index (χ3n) is 5.88. The molecular weight excluding hydrogens is 422 g/mol. The third kappa shape index (κ3) is 4.18. The van der Waals surface area contributed by atoms with Crippen LogP contribution in [0.3, 0.4) is 0 Å². The molecule has 1 aliphatic rings. The molecule has 1 saturated carbocycles. The molecule has 1 N–H and O–H groups in total. The summed E-state index contributed by atoms with van der Waals surface area (Å²) in [4.78, 5) is 17.3. The molecule has 0 spiro atoms. The maximum absolute atomic E-state index is 13.2. The van der Waals surface area contributed by atoms with E-state index in [9.17, 15) is 4.79 Å². The lowest BCUT2D eigenvalue weighted by molar-refractivity contribution is 0.0950. The van der Waals surface area contributed by atoms with E-state index in [0.717, 1.165) is 40.9 Å². The van der Waals surface area contributed by atoms with Crippen molar-refractivity contribution in [2.24, 2.45) is 0 Å². The van der Waals surface area contributed by atoms with Gasteiger partial charge in [-0.25, -0.2) is 9.67 Å². The second-order valence-corrected chi connectivity index (χ2v) is 8.66. The van der Waals surface area contributed by atoms with Gasteiger partial charge in [0.15, 0.2) is 0 Å². The highest BCUT2D eigenvalue weighted by Gasteiger charge is 2.33. The molecule has 4 aromatic rings. The van der Waals surface area contributed by atoms with Gasteiger partial charge < -0.3 is 9.88 Å². The van der Waals surface area contributed by atoms with E-state index in [-0.39, 0.29) is 5.91 Å². The van der Waals surface area contributed by atoms with Gasteiger partial charge in [-0.15, -0.1) is 0 Å². The van der Waals surface area contributed by atoms with Crippen molar-refractivity contribution in [2.75, 3.05) is 0 Å². The van der Waals surface area contributed by atoms with Gasteiger partial charge in [0, 0.05) is 36.4 Å². The van der Waals surface area contributed by atoms with Crippen LogP contribution in [0.5, 0.6) is 0 Å². The number of aromatic nitrogens is 4. The van der Waals surface area contributed by atoms with Gasteiger partial charge in [0.05, 0.1) is 29.5 Å². The molecule has 0 aliphatic heterocycles. The SMILES string of the molecule is Cc1ccc(-n2ncc(C(=O)NCc3ccccc3Cn3ccnc3)c2C2CC2)cc1Cl. The van der Waals surface area contributed by atoms with Gasteiger partial charge in [0.1, 0.15) is 0 Å². The lowest BCUT2D eigenvalue weighted by Gasteiger charge is -2.12. The first-order chi connectivity index (χ1) is 15.6. The Balaban J connectivity index is 1.37. The first kappa shape index (κ1) is 20.5. The Morgan fingerprint density at radius 3 is 2.72 bits per heavy atom. The highest BCUT2D eigenvalue weighted by Crippen LogP contribution is 2.42. The topological polar surface area (TPSA) is 64.7 Å². The number of aryl methyl sites for hydroxylation is 1. The molecule has 1 amide bonds. The molecular formula is C25H24ClN5O. The van der Waals surface area contributed by atoms with Gasteiger partial charge in [-0.1, -0.05) is 41.9 Å². The summed E-state index contributed by atoms with van der Waals surface area (Å²) in [6.07, 6.45) is 9.31. The number of halogens is 1. The number of carbonyl (C=O) groups is 1. The van der Waals surface area contributed by atoms with Crippen LogP contribution in [-0.2, 0) is 13.1 Å². The molecule has 0 unspecified atom stereocenters. The van der Waals surface area contributed by atoms with Crippen LogP contribution in [0.1, 0.15) is 51.5 Å². The molecule has 1 fully saturated rings. The Labute approximate surface area is 191 Å². The average Bonchev–Trinajstić information content (AvgIpc) is 3.32. The van der Waals surface area contributed by atoms with Crippen LogP contribution in [0.15, 0.2) is 67.4 Å². The first-order valence-electron chi connectivity index (χ1n) is 10.8. The summed E-state index contributed by atoms with van der Waals surface area (Å²) in [6, 6.07) is 14.0. The smallest absolute Gasteiger partial charge is 0.255 e. The lowest BCUT2D eigenvalue weighted by Crippen LogP contribution is -2.24. The quantitative estimate of drug-likeness (QED) is 0.440. The molecule has 6 nitrogen and oxygen atoms in total. The van der Waals surface area contributed by atoms with E-state index in [0.29, 0.717) is 29.6 Å². The Kier molecular flexibility index (Phi) is 5.53. The van der Waals surface area contributed by atoms with E-state index in [1.165, 1.54) is 0 Å². The summed E-state index contributed by atoms with van der Waals surface area (Å²) >= 11 is 6.34. The zero-order valence-electron chi connectivity index (χ0n) is 17.8. The van der Waals surface area contributed by atoms with E-state index < -0.39 is 0 Å². The molecule has 0 radical (unpaired) electrons. The van der Waals surface area contributed by atoms with Crippen LogP contribution in [0.25, 0.3) is 5.69 Å². The lowest BCUT2D eigenvalue weighted by atomic mass is 10.1. The Morgan fingerprint density at radius 1 is 1.19 bits per heavy atom. The monoisotopic (exact) mass is 445 g/mol. The molecule has 0 atom stereocenters. The van der Waals surface area contributed by atoms with Gasteiger partial charge in [-0.2, -0.15) is 5.10 Å². The molecule has 2 aromatic carbocycles. The normalized spacial score (nSPS) is 13.3. The van der Waals surface area contributed by atoms with Crippen molar-refractivity contribution < 1.29 is 4.79 Å². The summed E-state index contributed by atoms with van der Waals surface area (Å²) in [5.41, 5.74) is 5.74. The second kappa shape index (κ2) is 8.63. The number of benzene rings is 2. The van der Waals surface area contributed by atoms with Crippen molar-refractivity contribution in [3.63, 3.8) is 0 Å². The Hall–Kier alpha value is -3.38. The van der Waals surface area contributed by atoms with Crippen molar-refractivity contribution in [2.45, 2.75) is 38.8 Å². The minimum atomic E-state index is -0.103. The molecule has 2 aromatic heterocycles. The number of nitrogens with one attached hydrogen (secondary N) is 1. The molecule has 5 rings (SSSR count). The van der Waals surface area contributed by atoms with Gasteiger partial charge in [-0.05, 0) is 48.6 Å². The van der Waals surface area contributed by atoms with E-state index >= 15 is 0 Å². The van der Waals surface area contributed by atoms with E-state index in [4.69, 9.17) is 11.6 Å². The standard InChI is InChI=1S/C25H24ClN5O/c1-17-6-9-21(12-23(17)26)31-24(18-7-8-18)22(14-29-31)25(32)28-13-19-4-2-3-5-20(19)15-30-11-10-27-16-30/h2-6,9-12,14,16,18H,7-8,13,15H2,1H3,(H,28,32). The predicted molar refractivity (Wildman–Crippen MR) is 124 cm³/mol. The van der Waals surface area contributed by atoms with Crippen molar-refractivity contribution in [1.29, 1.82) is 0 Å². The minimum Gasteiger partial charge on any atom is -0.348 e. The van der Waals surface area contributed by atoms with Crippen molar-refractivity contribution in [1.82, 2.24) is 24.6 Å². The van der Waals surface area contributed by atoms with Crippen LogP contribution >= 0.6 is 11.6 Å². The highest BCUT2D eigenvalue weighted by molar-refractivity contribution is 6.31. The number of hydrogen-bond donors (Lipinski definition) is 1. The summed E-state index contributed by atoms with van der Waals surface area (Å²) in [7, 11) is 0. The molecule has 32 heavy (non-hydrogen) atoms.